The normalized spacial score (nSPS) is 13.5. The van der Waals surface area contributed by atoms with Crippen molar-refractivity contribution < 1.29 is 0 Å². The average molecular weight is 450 g/mol. The molecule has 0 radical (unpaired) electrons. The first kappa shape index (κ1) is 19.9. The third-order valence-corrected chi connectivity index (χ3v) is 6.82. The standard InChI is InChI=1S/C27H23N5S/c1-2-8-20(9-3-1)27-31-24(18-33-27)19-12-14-21(15-13-19)28-25-26(32-16-6-7-17-32)30-23-11-5-4-10-22(23)29-25/h1-5,8-15,18H,6-7,16-17H2,(H,28,29). The summed E-state index contributed by atoms with van der Waals surface area (Å²) in [5.41, 5.74) is 6.06. The van der Waals surface area contributed by atoms with Gasteiger partial charge in [0.1, 0.15) is 5.01 Å². The minimum absolute atomic E-state index is 0.809. The molecule has 0 aliphatic carbocycles. The molecule has 1 fully saturated rings. The minimum atomic E-state index is 0.809. The third-order valence-electron chi connectivity index (χ3n) is 5.93. The van der Waals surface area contributed by atoms with Gasteiger partial charge in [0.05, 0.1) is 16.7 Å². The number of hydrogen-bond acceptors (Lipinski definition) is 6. The van der Waals surface area contributed by atoms with Gasteiger partial charge in [0.15, 0.2) is 11.6 Å². The maximum atomic E-state index is 4.94. The summed E-state index contributed by atoms with van der Waals surface area (Å²) in [7, 11) is 0. The van der Waals surface area contributed by atoms with Gasteiger partial charge in [-0.3, -0.25) is 0 Å². The number of nitrogens with zero attached hydrogens (tertiary/aromatic N) is 4. The molecule has 5 nitrogen and oxygen atoms in total. The molecule has 0 saturated carbocycles. The zero-order valence-electron chi connectivity index (χ0n) is 18.1. The number of anilines is 3. The van der Waals surface area contributed by atoms with Crippen LogP contribution in [0.1, 0.15) is 12.8 Å². The Kier molecular flexibility index (Phi) is 5.20. The number of hydrogen-bond donors (Lipinski definition) is 1. The van der Waals surface area contributed by atoms with Gasteiger partial charge in [-0.15, -0.1) is 11.3 Å². The first-order valence-corrected chi connectivity index (χ1v) is 12.1. The number of aromatic nitrogens is 3. The van der Waals surface area contributed by atoms with Gasteiger partial charge in [-0.2, -0.15) is 0 Å². The van der Waals surface area contributed by atoms with Crippen molar-refractivity contribution in [2.45, 2.75) is 12.8 Å². The Morgan fingerprint density at radius 3 is 2.15 bits per heavy atom. The highest BCUT2D eigenvalue weighted by molar-refractivity contribution is 7.13. The average Bonchev–Trinajstić information content (AvgIpc) is 3.58. The molecule has 0 amide bonds. The van der Waals surface area contributed by atoms with Crippen LogP contribution in [0, 0.1) is 0 Å². The fourth-order valence-corrected chi connectivity index (χ4v) is 5.04. The number of nitrogens with one attached hydrogen (secondary N) is 1. The fourth-order valence-electron chi connectivity index (χ4n) is 4.20. The van der Waals surface area contributed by atoms with Crippen LogP contribution >= 0.6 is 11.3 Å². The van der Waals surface area contributed by atoms with Gasteiger partial charge >= 0.3 is 0 Å². The third kappa shape index (κ3) is 4.05. The zero-order valence-corrected chi connectivity index (χ0v) is 18.9. The molecule has 6 rings (SSSR count). The lowest BCUT2D eigenvalue weighted by Crippen LogP contribution is -2.21. The van der Waals surface area contributed by atoms with Gasteiger partial charge in [-0.1, -0.05) is 54.6 Å². The van der Waals surface area contributed by atoms with E-state index in [9.17, 15) is 0 Å². The Hall–Kier alpha value is -3.77. The summed E-state index contributed by atoms with van der Waals surface area (Å²) < 4.78 is 0. The van der Waals surface area contributed by atoms with Gasteiger partial charge < -0.3 is 10.2 Å². The molecule has 2 aromatic heterocycles. The summed E-state index contributed by atoms with van der Waals surface area (Å²) in [5, 5.41) is 6.67. The number of rotatable bonds is 5. The van der Waals surface area contributed by atoms with Gasteiger partial charge in [0, 0.05) is 35.3 Å². The van der Waals surface area contributed by atoms with Gasteiger partial charge in [0.2, 0.25) is 0 Å². The highest BCUT2D eigenvalue weighted by atomic mass is 32.1. The lowest BCUT2D eigenvalue weighted by Gasteiger charge is -2.20. The predicted molar refractivity (Wildman–Crippen MR) is 137 cm³/mol. The van der Waals surface area contributed by atoms with Crippen LogP contribution in [-0.4, -0.2) is 28.0 Å². The van der Waals surface area contributed by atoms with Gasteiger partial charge in [0.25, 0.3) is 0 Å². The van der Waals surface area contributed by atoms with E-state index >= 15 is 0 Å². The van der Waals surface area contributed by atoms with E-state index in [1.807, 2.05) is 42.5 Å². The van der Waals surface area contributed by atoms with Crippen LogP contribution in [0.15, 0.2) is 84.2 Å². The highest BCUT2D eigenvalue weighted by Gasteiger charge is 2.19. The van der Waals surface area contributed by atoms with Crippen LogP contribution < -0.4 is 10.2 Å². The number of fused-ring (bicyclic) bond motifs is 1. The van der Waals surface area contributed by atoms with E-state index < -0.39 is 0 Å². The molecule has 1 N–H and O–H groups in total. The van der Waals surface area contributed by atoms with E-state index in [0.29, 0.717) is 0 Å². The molecule has 3 aromatic carbocycles. The molecule has 0 bridgehead atoms. The molecule has 0 atom stereocenters. The van der Waals surface area contributed by atoms with Crippen molar-refractivity contribution in [3.05, 3.63) is 84.2 Å². The van der Waals surface area contributed by atoms with E-state index in [2.05, 4.69) is 52.0 Å². The largest absolute Gasteiger partial charge is 0.354 e. The molecule has 0 unspecified atom stereocenters. The topological polar surface area (TPSA) is 53.9 Å². The summed E-state index contributed by atoms with van der Waals surface area (Å²) in [6.07, 6.45) is 2.39. The van der Waals surface area contributed by atoms with Crippen LogP contribution in [0.25, 0.3) is 32.9 Å². The number of benzene rings is 3. The molecule has 6 heteroatoms. The summed E-state index contributed by atoms with van der Waals surface area (Å²) in [5.74, 6) is 1.74. The molecule has 3 heterocycles. The van der Waals surface area contributed by atoms with Crippen molar-refractivity contribution in [1.29, 1.82) is 0 Å². The fraction of sp³-hybridized carbons (Fsp3) is 0.148. The van der Waals surface area contributed by atoms with Crippen molar-refractivity contribution in [2.24, 2.45) is 0 Å². The quantitative estimate of drug-likeness (QED) is 0.321. The van der Waals surface area contributed by atoms with Crippen LogP contribution in [0.4, 0.5) is 17.3 Å². The second kappa shape index (κ2) is 8.64. The van der Waals surface area contributed by atoms with Crippen molar-refractivity contribution >= 4 is 39.7 Å². The molecule has 162 valence electrons. The van der Waals surface area contributed by atoms with E-state index in [1.54, 1.807) is 11.3 Å². The van der Waals surface area contributed by atoms with Crippen LogP contribution in [0.3, 0.4) is 0 Å². The van der Waals surface area contributed by atoms with Crippen LogP contribution in [-0.2, 0) is 0 Å². The van der Waals surface area contributed by atoms with Gasteiger partial charge in [-0.25, -0.2) is 15.0 Å². The summed E-state index contributed by atoms with van der Waals surface area (Å²) >= 11 is 1.67. The maximum absolute atomic E-state index is 4.94. The lowest BCUT2D eigenvalue weighted by molar-refractivity contribution is 0.939. The Balaban J connectivity index is 1.28. The van der Waals surface area contributed by atoms with Crippen molar-refractivity contribution in [3.63, 3.8) is 0 Å². The molecule has 1 aliphatic heterocycles. The maximum Gasteiger partial charge on any atom is 0.174 e. The first-order valence-electron chi connectivity index (χ1n) is 11.2. The zero-order chi connectivity index (χ0) is 22.0. The molecule has 0 spiro atoms. The highest BCUT2D eigenvalue weighted by Crippen LogP contribution is 2.32. The Morgan fingerprint density at radius 2 is 1.39 bits per heavy atom. The minimum Gasteiger partial charge on any atom is -0.354 e. The Labute approximate surface area is 196 Å². The van der Waals surface area contributed by atoms with Crippen LogP contribution in [0.2, 0.25) is 0 Å². The molecule has 5 aromatic rings. The second-order valence-electron chi connectivity index (χ2n) is 8.18. The lowest BCUT2D eigenvalue weighted by atomic mass is 10.1. The Bertz CT molecular complexity index is 1390. The summed E-state index contributed by atoms with van der Waals surface area (Å²) in [6.45, 7) is 2.04. The second-order valence-corrected chi connectivity index (χ2v) is 9.04. The number of para-hydroxylation sites is 2. The first-order chi connectivity index (χ1) is 16.3. The smallest absolute Gasteiger partial charge is 0.174 e. The van der Waals surface area contributed by atoms with E-state index in [4.69, 9.17) is 15.0 Å². The summed E-state index contributed by atoms with van der Waals surface area (Å²) in [6, 6.07) is 26.7. The molecular weight excluding hydrogens is 426 g/mol. The SMILES string of the molecule is c1ccc(-c2nc(-c3ccc(Nc4nc5ccccc5nc4N4CCCC4)cc3)cs2)cc1. The van der Waals surface area contributed by atoms with E-state index in [-0.39, 0.29) is 0 Å². The van der Waals surface area contributed by atoms with Gasteiger partial charge in [-0.05, 0) is 37.1 Å². The van der Waals surface area contributed by atoms with E-state index in [1.165, 1.54) is 12.8 Å². The van der Waals surface area contributed by atoms with Crippen molar-refractivity contribution in [1.82, 2.24) is 15.0 Å². The van der Waals surface area contributed by atoms with Crippen LogP contribution in [0.5, 0.6) is 0 Å². The molecule has 1 aliphatic rings. The van der Waals surface area contributed by atoms with Crippen molar-refractivity contribution in [3.8, 4) is 21.8 Å². The summed E-state index contributed by atoms with van der Waals surface area (Å²) in [4.78, 5) is 17.0. The molecular formula is C27H23N5S. The van der Waals surface area contributed by atoms with Crippen molar-refractivity contribution in [2.75, 3.05) is 23.3 Å². The predicted octanol–water partition coefficient (Wildman–Crippen LogP) is 6.76. The number of thiazole rings is 1. The Morgan fingerprint density at radius 1 is 0.697 bits per heavy atom. The monoisotopic (exact) mass is 449 g/mol. The molecule has 1 saturated heterocycles. The van der Waals surface area contributed by atoms with E-state index in [0.717, 1.165) is 63.3 Å². The molecule has 33 heavy (non-hydrogen) atoms.